The van der Waals surface area contributed by atoms with E-state index >= 15 is 0 Å². The Morgan fingerprint density at radius 1 is 1.47 bits per heavy atom. The Hall–Kier alpha value is -0.250. The molecule has 1 N–H and O–H groups in total. The van der Waals surface area contributed by atoms with E-state index in [9.17, 15) is 0 Å². The van der Waals surface area contributed by atoms with Gasteiger partial charge in [0.05, 0.1) is 5.03 Å². The first kappa shape index (κ1) is 12.8. The molecule has 2 nitrogen and oxygen atoms in total. The minimum Gasteiger partial charge on any atom is -0.316 e. The molecule has 2 rings (SSSR count). The molecule has 0 radical (unpaired) electrons. The molecule has 0 aliphatic carbocycles. The van der Waals surface area contributed by atoms with Crippen LogP contribution in [0.15, 0.2) is 29.4 Å². The van der Waals surface area contributed by atoms with Crippen LogP contribution in [0.25, 0.3) is 0 Å². The fourth-order valence-corrected chi connectivity index (χ4v) is 2.70. The minimum absolute atomic E-state index is 0. The minimum atomic E-state index is 0. The van der Waals surface area contributed by atoms with E-state index in [1.54, 1.807) is 0 Å². The van der Waals surface area contributed by atoms with Gasteiger partial charge in [-0.3, -0.25) is 0 Å². The monoisotopic (exact) mass is 244 g/mol. The first-order valence-electron chi connectivity index (χ1n) is 5.20. The van der Waals surface area contributed by atoms with E-state index < -0.39 is 0 Å². The van der Waals surface area contributed by atoms with Crippen LogP contribution in [-0.2, 0) is 0 Å². The third-order valence-electron chi connectivity index (χ3n) is 2.50. The molecule has 1 fully saturated rings. The summed E-state index contributed by atoms with van der Waals surface area (Å²) in [6.07, 6.45) is 4.56. The normalized spacial score (nSPS) is 20.7. The van der Waals surface area contributed by atoms with Crippen LogP contribution in [0.3, 0.4) is 0 Å². The molecule has 1 aliphatic rings. The molecule has 1 atom stereocenters. The van der Waals surface area contributed by atoms with Crippen molar-refractivity contribution < 1.29 is 0 Å². The summed E-state index contributed by atoms with van der Waals surface area (Å²) < 4.78 is 0. The van der Waals surface area contributed by atoms with Crippen LogP contribution in [0.4, 0.5) is 0 Å². The maximum Gasteiger partial charge on any atom is 0.0959 e. The summed E-state index contributed by atoms with van der Waals surface area (Å²) in [5, 5.41) is 4.59. The highest BCUT2D eigenvalue weighted by molar-refractivity contribution is 7.99. The smallest absolute Gasteiger partial charge is 0.0959 e. The summed E-state index contributed by atoms with van der Waals surface area (Å²) in [6.45, 7) is 2.38. The van der Waals surface area contributed by atoms with Gasteiger partial charge in [-0.1, -0.05) is 6.07 Å². The van der Waals surface area contributed by atoms with E-state index in [-0.39, 0.29) is 12.4 Å². The fourth-order valence-electron chi connectivity index (χ4n) is 1.70. The SMILES string of the molecule is Cl.c1ccc(SCC2CCCNC2)nc1. The topological polar surface area (TPSA) is 24.9 Å². The molecule has 84 valence electrons. The maximum atomic E-state index is 4.31. The quantitative estimate of drug-likeness (QED) is 0.828. The highest BCUT2D eigenvalue weighted by atomic mass is 35.5. The maximum absolute atomic E-state index is 4.31. The van der Waals surface area contributed by atoms with Gasteiger partial charge in [0.25, 0.3) is 0 Å². The molecule has 1 aliphatic heterocycles. The van der Waals surface area contributed by atoms with E-state index in [2.05, 4.69) is 22.4 Å². The van der Waals surface area contributed by atoms with Crippen LogP contribution in [0, 0.1) is 5.92 Å². The molecule has 0 saturated carbocycles. The first-order valence-corrected chi connectivity index (χ1v) is 6.18. The number of nitrogens with one attached hydrogen (secondary N) is 1. The Balaban J connectivity index is 0.00000112. The largest absolute Gasteiger partial charge is 0.316 e. The van der Waals surface area contributed by atoms with Crippen molar-refractivity contribution >= 4 is 24.2 Å². The van der Waals surface area contributed by atoms with Gasteiger partial charge in [0.15, 0.2) is 0 Å². The van der Waals surface area contributed by atoms with Crippen LogP contribution < -0.4 is 5.32 Å². The molecule has 4 heteroatoms. The fraction of sp³-hybridized carbons (Fsp3) is 0.545. The van der Waals surface area contributed by atoms with Gasteiger partial charge < -0.3 is 5.32 Å². The standard InChI is InChI=1S/C11H16N2S.ClH/c1-2-7-13-11(5-1)14-9-10-4-3-6-12-8-10;/h1-2,5,7,10,12H,3-4,6,8-9H2;1H. The molecule has 1 aromatic heterocycles. The molecule has 0 bridgehead atoms. The third-order valence-corrected chi connectivity index (χ3v) is 3.68. The molecular weight excluding hydrogens is 228 g/mol. The van der Waals surface area contributed by atoms with Gasteiger partial charge in [0.2, 0.25) is 0 Å². The Kier molecular flexibility index (Phi) is 6.06. The van der Waals surface area contributed by atoms with E-state index in [0.717, 1.165) is 10.9 Å². The van der Waals surface area contributed by atoms with Gasteiger partial charge in [-0.15, -0.1) is 24.2 Å². The molecule has 0 amide bonds. The first-order chi connectivity index (χ1) is 6.95. The lowest BCUT2D eigenvalue weighted by atomic mass is 10.0. The molecular formula is C11H17ClN2S. The van der Waals surface area contributed by atoms with Gasteiger partial charge in [0, 0.05) is 11.9 Å². The van der Waals surface area contributed by atoms with Gasteiger partial charge in [-0.25, -0.2) is 4.98 Å². The van der Waals surface area contributed by atoms with Crippen LogP contribution in [0.2, 0.25) is 0 Å². The Morgan fingerprint density at radius 3 is 3.07 bits per heavy atom. The third kappa shape index (κ3) is 4.41. The molecule has 0 aromatic carbocycles. The summed E-state index contributed by atoms with van der Waals surface area (Å²) in [6, 6.07) is 6.10. The zero-order valence-electron chi connectivity index (χ0n) is 8.69. The summed E-state index contributed by atoms with van der Waals surface area (Å²) >= 11 is 1.88. The van der Waals surface area contributed by atoms with E-state index in [1.165, 1.54) is 31.7 Å². The number of thioether (sulfide) groups is 1. The van der Waals surface area contributed by atoms with Crippen molar-refractivity contribution in [2.45, 2.75) is 17.9 Å². The molecule has 0 spiro atoms. The summed E-state index contributed by atoms with van der Waals surface area (Å²) in [7, 11) is 0. The summed E-state index contributed by atoms with van der Waals surface area (Å²) in [5.41, 5.74) is 0. The average molecular weight is 245 g/mol. The zero-order chi connectivity index (χ0) is 9.64. The van der Waals surface area contributed by atoms with E-state index in [4.69, 9.17) is 0 Å². The number of aromatic nitrogens is 1. The second kappa shape index (κ2) is 7.09. The molecule has 1 saturated heterocycles. The Labute approximate surface area is 102 Å². The van der Waals surface area contributed by atoms with Crippen LogP contribution in [0.5, 0.6) is 0 Å². The van der Waals surface area contributed by atoms with Crippen LogP contribution in [0.1, 0.15) is 12.8 Å². The second-order valence-corrected chi connectivity index (χ2v) is 4.73. The van der Waals surface area contributed by atoms with Crippen LogP contribution >= 0.6 is 24.2 Å². The van der Waals surface area contributed by atoms with Crippen molar-refractivity contribution in [3.8, 4) is 0 Å². The van der Waals surface area contributed by atoms with Gasteiger partial charge in [-0.2, -0.15) is 0 Å². The zero-order valence-corrected chi connectivity index (χ0v) is 10.3. The van der Waals surface area contributed by atoms with Gasteiger partial charge in [0.1, 0.15) is 0 Å². The predicted molar refractivity (Wildman–Crippen MR) is 67.8 cm³/mol. The average Bonchev–Trinajstić information content (AvgIpc) is 2.29. The molecule has 2 heterocycles. The lowest BCUT2D eigenvalue weighted by Gasteiger charge is -2.21. The van der Waals surface area contributed by atoms with Crippen molar-refractivity contribution in [3.63, 3.8) is 0 Å². The number of rotatable bonds is 3. The number of pyridine rings is 1. The molecule has 15 heavy (non-hydrogen) atoms. The number of hydrogen-bond acceptors (Lipinski definition) is 3. The van der Waals surface area contributed by atoms with Crippen molar-refractivity contribution in [2.24, 2.45) is 5.92 Å². The number of nitrogens with zero attached hydrogens (tertiary/aromatic N) is 1. The summed E-state index contributed by atoms with van der Waals surface area (Å²) in [5.74, 6) is 2.03. The Morgan fingerprint density at radius 2 is 2.40 bits per heavy atom. The number of halogens is 1. The summed E-state index contributed by atoms with van der Waals surface area (Å²) in [4.78, 5) is 4.31. The van der Waals surface area contributed by atoms with Crippen LogP contribution in [-0.4, -0.2) is 23.8 Å². The highest BCUT2D eigenvalue weighted by Gasteiger charge is 2.12. The lowest BCUT2D eigenvalue weighted by Crippen LogP contribution is -2.30. The van der Waals surface area contributed by atoms with E-state index in [0.29, 0.717) is 0 Å². The van der Waals surface area contributed by atoms with Crippen molar-refractivity contribution in [1.82, 2.24) is 10.3 Å². The lowest BCUT2D eigenvalue weighted by molar-refractivity contribution is 0.410. The number of piperidine rings is 1. The van der Waals surface area contributed by atoms with Crippen molar-refractivity contribution in [3.05, 3.63) is 24.4 Å². The van der Waals surface area contributed by atoms with Crippen molar-refractivity contribution in [2.75, 3.05) is 18.8 Å². The van der Waals surface area contributed by atoms with Gasteiger partial charge >= 0.3 is 0 Å². The van der Waals surface area contributed by atoms with Gasteiger partial charge in [-0.05, 0) is 44.0 Å². The Bertz CT molecular complexity index is 263. The second-order valence-electron chi connectivity index (χ2n) is 3.69. The van der Waals surface area contributed by atoms with Crippen molar-refractivity contribution in [1.29, 1.82) is 0 Å². The molecule has 1 unspecified atom stereocenters. The number of hydrogen-bond donors (Lipinski definition) is 1. The van der Waals surface area contributed by atoms with E-state index in [1.807, 2.05) is 24.0 Å². The molecule has 1 aromatic rings. The predicted octanol–water partition coefficient (Wildman–Crippen LogP) is 2.60. The highest BCUT2D eigenvalue weighted by Crippen LogP contribution is 2.21.